The van der Waals surface area contributed by atoms with Crippen molar-refractivity contribution in [3.63, 3.8) is 0 Å². The number of anilines is 1. The normalized spacial score (nSPS) is 16.0. The van der Waals surface area contributed by atoms with Gasteiger partial charge in [-0.05, 0) is 48.9 Å². The zero-order valence-corrected chi connectivity index (χ0v) is 20.1. The second-order valence-corrected chi connectivity index (χ2v) is 9.92. The maximum absolute atomic E-state index is 13.7. The van der Waals surface area contributed by atoms with E-state index in [2.05, 4.69) is 36.5 Å². The number of thiophene rings is 1. The molecule has 1 aliphatic heterocycles. The number of carbonyl (C=O) groups is 1. The average molecular weight is 473 g/mol. The van der Waals surface area contributed by atoms with Crippen LogP contribution in [0.15, 0.2) is 70.8 Å². The first-order valence-corrected chi connectivity index (χ1v) is 12.6. The molecule has 1 saturated heterocycles. The van der Waals surface area contributed by atoms with E-state index in [9.17, 15) is 9.59 Å². The van der Waals surface area contributed by atoms with E-state index in [1.165, 1.54) is 5.56 Å². The molecule has 7 heteroatoms. The number of fused-ring (bicyclic) bond motifs is 1. The predicted octanol–water partition coefficient (Wildman–Crippen LogP) is 4.35. The van der Waals surface area contributed by atoms with Gasteiger partial charge in [-0.1, -0.05) is 48.0 Å². The summed E-state index contributed by atoms with van der Waals surface area (Å²) < 4.78 is 1.81. The second-order valence-electron chi connectivity index (χ2n) is 8.88. The van der Waals surface area contributed by atoms with E-state index >= 15 is 0 Å². The van der Waals surface area contributed by atoms with Gasteiger partial charge in [-0.15, -0.1) is 11.3 Å². The highest BCUT2D eigenvalue weighted by atomic mass is 32.1. The second kappa shape index (κ2) is 9.81. The van der Waals surface area contributed by atoms with Crippen LogP contribution in [0.2, 0.25) is 0 Å². The molecule has 1 atom stereocenters. The molecule has 0 bridgehead atoms. The third-order valence-corrected chi connectivity index (χ3v) is 7.28. The molecule has 6 nitrogen and oxygen atoms in total. The van der Waals surface area contributed by atoms with Crippen molar-refractivity contribution in [2.45, 2.75) is 32.9 Å². The van der Waals surface area contributed by atoms with Crippen molar-refractivity contribution in [3.05, 3.63) is 92.4 Å². The minimum Gasteiger partial charge on any atom is -0.351 e. The minimum atomic E-state index is -0.160. The highest BCUT2D eigenvalue weighted by Gasteiger charge is 2.28. The first-order chi connectivity index (χ1) is 16.6. The van der Waals surface area contributed by atoms with Crippen molar-refractivity contribution in [2.24, 2.45) is 5.92 Å². The molecule has 3 heterocycles. The van der Waals surface area contributed by atoms with Gasteiger partial charge in [-0.25, -0.2) is 4.98 Å². The van der Waals surface area contributed by atoms with Crippen LogP contribution in [-0.4, -0.2) is 28.5 Å². The third-order valence-electron chi connectivity index (χ3n) is 6.41. The van der Waals surface area contributed by atoms with Crippen LogP contribution < -0.4 is 15.8 Å². The van der Waals surface area contributed by atoms with Crippen LogP contribution in [-0.2, 0) is 17.9 Å². The number of hydrogen-bond donors (Lipinski definition) is 1. The number of aromatic nitrogens is 2. The molecular weight excluding hydrogens is 444 g/mol. The Hall–Kier alpha value is -3.45. The maximum Gasteiger partial charge on any atom is 0.294 e. The van der Waals surface area contributed by atoms with E-state index < -0.39 is 0 Å². The van der Waals surface area contributed by atoms with Gasteiger partial charge in [0.25, 0.3) is 5.56 Å². The number of aryl methyl sites for hydroxylation is 1. The lowest BCUT2D eigenvalue weighted by atomic mass is 9.97. The molecule has 0 radical (unpaired) electrons. The first kappa shape index (κ1) is 22.3. The Morgan fingerprint density at radius 3 is 2.74 bits per heavy atom. The highest BCUT2D eigenvalue weighted by molar-refractivity contribution is 7.09. The molecule has 34 heavy (non-hydrogen) atoms. The zero-order chi connectivity index (χ0) is 23.5. The summed E-state index contributed by atoms with van der Waals surface area (Å²) in [5.41, 5.74) is 3.75. The molecule has 5 rings (SSSR count). The van der Waals surface area contributed by atoms with Crippen molar-refractivity contribution < 1.29 is 4.79 Å². The summed E-state index contributed by atoms with van der Waals surface area (Å²) in [6, 6.07) is 20.0. The van der Waals surface area contributed by atoms with Gasteiger partial charge in [0.15, 0.2) is 5.82 Å². The fraction of sp³-hybridized carbons (Fsp3) is 0.296. The van der Waals surface area contributed by atoms with Crippen LogP contribution >= 0.6 is 11.3 Å². The predicted molar refractivity (Wildman–Crippen MR) is 137 cm³/mol. The quantitative estimate of drug-likeness (QED) is 0.453. The van der Waals surface area contributed by atoms with Gasteiger partial charge in [-0.3, -0.25) is 14.2 Å². The molecule has 4 aromatic rings. The highest BCUT2D eigenvalue weighted by Crippen LogP contribution is 2.23. The van der Waals surface area contributed by atoms with Gasteiger partial charge in [-0.2, -0.15) is 0 Å². The number of carbonyl (C=O) groups excluding carboxylic acids is 1. The van der Waals surface area contributed by atoms with E-state index in [0.717, 1.165) is 40.9 Å². The first-order valence-electron chi connectivity index (χ1n) is 11.7. The van der Waals surface area contributed by atoms with Crippen LogP contribution in [0, 0.1) is 12.8 Å². The molecule has 2 aromatic carbocycles. The molecule has 1 fully saturated rings. The molecule has 0 unspecified atom stereocenters. The van der Waals surface area contributed by atoms with Gasteiger partial charge < -0.3 is 10.2 Å². The summed E-state index contributed by atoms with van der Waals surface area (Å²) in [4.78, 5) is 34.4. The average Bonchev–Trinajstić information content (AvgIpc) is 3.39. The summed E-state index contributed by atoms with van der Waals surface area (Å²) in [6.45, 7) is 4.30. The zero-order valence-electron chi connectivity index (χ0n) is 19.2. The smallest absolute Gasteiger partial charge is 0.294 e. The summed E-state index contributed by atoms with van der Waals surface area (Å²) in [5, 5.41) is 5.07. The Morgan fingerprint density at radius 1 is 1.12 bits per heavy atom. The van der Waals surface area contributed by atoms with Crippen molar-refractivity contribution >= 4 is 34.1 Å². The van der Waals surface area contributed by atoms with E-state index in [0.29, 0.717) is 25.5 Å². The Balaban J connectivity index is 1.42. The fourth-order valence-corrected chi connectivity index (χ4v) is 5.18. The van der Waals surface area contributed by atoms with Gasteiger partial charge >= 0.3 is 0 Å². The number of piperidine rings is 1. The van der Waals surface area contributed by atoms with Crippen LogP contribution in [0.1, 0.15) is 28.8 Å². The van der Waals surface area contributed by atoms with Crippen molar-refractivity contribution in [1.82, 2.24) is 14.9 Å². The molecule has 1 aliphatic rings. The van der Waals surface area contributed by atoms with E-state index in [-0.39, 0.29) is 17.4 Å². The largest absolute Gasteiger partial charge is 0.351 e. The van der Waals surface area contributed by atoms with Gasteiger partial charge in [0.1, 0.15) is 0 Å². The third kappa shape index (κ3) is 4.75. The molecular formula is C27H28N4O2S. The van der Waals surface area contributed by atoms with Crippen LogP contribution in [0.4, 0.5) is 5.82 Å². The Labute approximate surface area is 202 Å². The molecule has 174 valence electrons. The van der Waals surface area contributed by atoms with Crippen LogP contribution in [0.5, 0.6) is 0 Å². The van der Waals surface area contributed by atoms with E-state index in [1.807, 2.05) is 51.2 Å². The van der Waals surface area contributed by atoms with Crippen molar-refractivity contribution in [1.29, 1.82) is 0 Å². The number of benzene rings is 2. The van der Waals surface area contributed by atoms with Gasteiger partial charge in [0, 0.05) is 18.0 Å². The number of amides is 1. The number of nitrogens with zero attached hydrogens (tertiary/aromatic N) is 3. The standard InChI is InChI=1S/C27H28N4O2S/c1-19-10-12-20(13-11-19)17-31-24-9-3-2-8-23(24)29-25(27(31)33)30-14-4-6-21(18-30)26(32)28-16-22-7-5-15-34-22/h2-3,5,7-13,15,21H,4,6,14,16-18H2,1H3,(H,28,32)/t21-/m1/s1. The molecule has 0 spiro atoms. The lowest BCUT2D eigenvalue weighted by molar-refractivity contribution is -0.125. The van der Waals surface area contributed by atoms with Gasteiger partial charge in [0.2, 0.25) is 5.91 Å². The number of para-hydroxylation sites is 2. The molecule has 2 aromatic heterocycles. The molecule has 1 amide bonds. The van der Waals surface area contributed by atoms with Crippen molar-refractivity contribution in [2.75, 3.05) is 18.0 Å². The number of hydrogen-bond acceptors (Lipinski definition) is 5. The Morgan fingerprint density at radius 2 is 1.94 bits per heavy atom. The maximum atomic E-state index is 13.7. The summed E-state index contributed by atoms with van der Waals surface area (Å²) >= 11 is 1.64. The van der Waals surface area contributed by atoms with E-state index in [1.54, 1.807) is 11.3 Å². The summed E-state index contributed by atoms with van der Waals surface area (Å²) in [6.07, 6.45) is 1.67. The number of rotatable bonds is 6. The van der Waals surface area contributed by atoms with E-state index in [4.69, 9.17) is 4.98 Å². The van der Waals surface area contributed by atoms with Crippen LogP contribution in [0.3, 0.4) is 0 Å². The van der Waals surface area contributed by atoms with Crippen LogP contribution in [0.25, 0.3) is 11.0 Å². The lowest BCUT2D eigenvalue weighted by Gasteiger charge is -2.32. The van der Waals surface area contributed by atoms with Crippen molar-refractivity contribution in [3.8, 4) is 0 Å². The topological polar surface area (TPSA) is 67.2 Å². The molecule has 0 aliphatic carbocycles. The fourth-order valence-electron chi connectivity index (χ4n) is 4.53. The van der Waals surface area contributed by atoms with Gasteiger partial charge in [0.05, 0.1) is 30.0 Å². The minimum absolute atomic E-state index is 0.0406. The Kier molecular flexibility index (Phi) is 6.45. The summed E-state index contributed by atoms with van der Waals surface area (Å²) in [7, 11) is 0. The SMILES string of the molecule is Cc1ccc(Cn2c(=O)c(N3CCC[C@@H](C(=O)NCc4cccs4)C3)nc3ccccc32)cc1. The number of nitrogens with one attached hydrogen (secondary N) is 1. The lowest BCUT2D eigenvalue weighted by Crippen LogP contribution is -2.45. The monoisotopic (exact) mass is 472 g/mol. The summed E-state index contributed by atoms with van der Waals surface area (Å²) in [5.74, 6) is 0.312. The molecule has 1 N–H and O–H groups in total. The molecule has 0 saturated carbocycles. The Bertz CT molecular complexity index is 1350.